The molecule has 2 aromatic carbocycles. The van der Waals surface area contributed by atoms with Crippen molar-refractivity contribution in [1.29, 1.82) is 0 Å². The lowest BCUT2D eigenvalue weighted by atomic mass is 10.1. The number of alkyl halides is 3. The first-order valence-corrected chi connectivity index (χ1v) is 15.2. The van der Waals surface area contributed by atoms with E-state index in [2.05, 4.69) is 10.6 Å². The lowest BCUT2D eigenvalue weighted by Gasteiger charge is -2.31. The number of amides is 1. The Hall–Kier alpha value is -2.94. The highest BCUT2D eigenvalue weighted by Gasteiger charge is 2.47. The Morgan fingerprint density at radius 1 is 0.947 bits per heavy atom. The van der Waals surface area contributed by atoms with Gasteiger partial charge in [-0.15, -0.1) is 11.3 Å². The van der Waals surface area contributed by atoms with Gasteiger partial charge in [-0.3, -0.25) is 4.79 Å². The average molecular weight is 588 g/mol. The van der Waals surface area contributed by atoms with Crippen molar-refractivity contribution in [2.24, 2.45) is 0 Å². The number of anilines is 1. The first-order chi connectivity index (χ1) is 17.9. The summed E-state index contributed by atoms with van der Waals surface area (Å²) in [6.07, 6.45) is 0.752. The molecule has 0 bridgehead atoms. The standard InChI is InChI=1S/C24H24F3N3O5S3/c25-24(26,27)37(32,33)21-8-4-7-19(15-21)29-18-11-13-30(14-12-18)38(34,35)22-10-9-20(36-22)16-28-23(31)17-5-2-1-3-6-17/h1-10,15,18,29H,11-14,16H2,(H,28,31). The molecular formula is C24H24F3N3O5S3. The number of sulfonamides is 1. The molecule has 0 atom stereocenters. The van der Waals surface area contributed by atoms with E-state index in [1.165, 1.54) is 22.5 Å². The molecule has 1 aliphatic rings. The van der Waals surface area contributed by atoms with Crippen molar-refractivity contribution in [1.82, 2.24) is 9.62 Å². The summed E-state index contributed by atoms with van der Waals surface area (Å²) in [7, 11) is -9.23. The predicted molar refractivity (Wildman–Crippen MR) is 137 cm³/mol. The van der Waals surface area contributed by atoms with Crippen LogP contribution < -0.4 is 10.6 Å². The molecule has 8 nitrogen and oxygen atoms in total. The number of nitrogens with zero attached hydrogens (tertiary/aromatic N) is 1. The molecule has 0 aliphatic carbocycles. The fraction of sp³-hybridized carbons (Fsp3) is 0.292. The van der Waals surface area contributed by atoms with Gasteiger partial charge < -0.3 is 10.6 Å². The van der Waals surface area contributed by atoms with E-state index in [4.69, 9.17) is 0 Å². The lowest BCUT2D eigenvalue weighted by molar-refractivity contribution is -0.0436. The summed E-state index contributed by atoms with van der Waals surface area (Å²) in [5, 5.41) is 5.78. The van der Waals surface area contributed by atoms with Gasteiger partial charge in [0.15, 0.2) is 0 Å². The Kier molecular flexibility index (Phi) is 8.16. The molecule has 2 N–H and O–H groups in total. The molecule has 0 unspecified atom stereocenters. The van der Waals surface area contributed by atoms with Crippen LogP contribution in [0.1, 0.15) is 28.1 Å². The van der Waals surface area contributed by atoms with Gasteiger partial charge in [-0.2, -0.15) is 17.5 Å². The fourth-order valence-electron chi connectivity index (χ4n) is 3.94. The highest BCUT2D eigenvalue weighted by Crippen LogP contribution is 2.32. The lowest BCUT2D eigenvalue weighted by Crippen LogP contribution is -2.42. The van der Waals surface area contributed by atoms with Gasteiger partial charge in [0.25, 0.3) is 25.8 Å². The van der Waals surface area contributed by atoms with Crippen LogP contribution in [0.15, 0.2) is 75.8 Å². The highest BCUT2D eigenvalue weighted by atomic mass is 32.2. The SMILES string of the molecule is O=C(NCc1ccc(S(=O)(=O)N2CCC(Nc3cccc(S(=O)(=O)C(F)(F)F)c3)CC2)s1)c1ccccc1. The van der Waals surface area contributed by atoms with Crippen LogP contribution >= 0.6 is 11.3 Å². The van der Waals surface area contributed by atoms with E-state index >= 15 is 0 Å². The van der Waals surface area contributed by atoms with Crippen molar-refractivity contribution in [2.75, 3.05) is 18.4 Å². The molecule has 0 spiro atoms. The van der Waals surface area contributed by atoms with Gasteiger partial charge in [-0.05, 0) is 55.3 Å². The van der Waals surface area contributed by atoms with Gasteiger partial charge in [0.1, 0.15) is 4.21 Å². The molecule has 204 valence electrons. The molecule has 38 heavy (non-hydrogen) atoms. The van der Waals surface area contributed by atoms with Crippen LogP contribution in [0.4, 0.5) is 18.9 Å². The smallest absolute Gasteiger partial charge is 0.382 e. The molecule has 1 aliphatic heterocycles. The fourth-order valence-corrected chi connectivity index (χ4v) is 7.67. The van der Waals surface area contributed by atoms with Crippen LogP contribution in [-0.4, -0.2) is 51.7 Å². The molecule has 0 radical (unpaired) electrons. The highest BCUT2D eigenvalue weighted by molar-refractivity contribution is 7.92. The van der Waals surface area contributed by atoms with Crippen molar-refractivity contribution in [3.05, 3.63) is 77.2 Å². The second-order valence-corrected chi connectivity index (χ2v) is 13.8. The van der Waals surface area contributed by atoms with E-state index in [0.717, 1.165) is 23.5 Å². The summed E-state index contributed by atoms with van der Waals surface area (Å²) in [4.78, 5) is 12.0. The zero-order valence-corrected chi connectivity index (χ0v) is 22.3. The quantitative estimate of drug-likeness (QED) is 0.408. The van der Waals surface area contributed by atoms with E-state index in [9.17, 15) is 34.8 Å². The second-order valence-electron chi connectivity index (χ2n) is 8.57. The van der Waals surface area contributed by atoms with Gasteiger partial charge in [-0.25, -0.2) is 16.8 Å². The third-order valence-electron chi connectivity index (χ3n) is 5.96. The van der Waals surface area contributed by atoms with E-state index in [1.54, 1.807) is 36.4 Å². The largest absolute Gasteiger partial charge is 0.501 e. The zero-order valence-electron chi connectivity index (χ0n) is 19.8. The molecule has 1 aromatic heterocycles. The van der Waals surface area contributed by atoms with Gasteiger partial charge in [0.05, 0.1) is 11.4 Å². The monoisotopic (exact) mass is 587 g/mol. The molecule has 1 fully saturated rings. The van der Waals surface area contributed by atoms with E-state index < -0.39 is 30.3 Å². The Balaban J connectivity index is 1.34. The molecule has 1 amide bonds. The van der Waals surface area contributed by atoms with E-state index in [0.29, 0.717) is 23.3 Å². The van der Waals surface area contributed by atoms with Crippen molar-refractivity contribution in [3.63, 3.8) is 0 Å². The number of sulfone groups is 1. The van der Waals surface area contributed by atoms with Gasteiger partial charge in [0.2, 0.25) is 0 Å². The molecular weight excluding hydrogens is 563 g/mol. The normalized spacial score (nSPS) is 15.8. The molecule has 4 rings (SSSR count). The number of hydrogen-bond acceptors (Lipinski definition) is 7. The summed E-state index contributed by atoms with van der Waals surface area (Å²) in [5.74, 6) is -0.264. The Morgan fingerprint density at radius 2 is 1.63 bits per heavy atom. The van der Waals surface area contributed by atoms with Crippen LogP contribution in [0.25, 0.3) is 0 Å². The third kappa shape index (κ3) is 6.20. The Morgan fingerprint density at radius 3 is 2.29 bits per heavy atom. The number of benzene rings is 2. The summed E-state index contributed by atoms with van der Waals surface area (Å²) >= 11 is 1.07. The van der Waals surface area contributed by atoms with Crippen LogP contribution in [0, 0.1) is 0 Å². The van der Waals surface area contributed by atoms with Crippen LogP contribution in [0.2, 0.25) is 0 Å². The number of nitrogens with one attached hydrogen (secondary N) is 2. The van der Waals surface area contributed by atoms with Crippen LogP contribution in [-0.2, 0) is 26.4 Å². The summed E-state index contributed by atoms with van der Waals surface area (Å²) in [5.41, 5.74) is -4.69. The molecule has 1 saturated heterocycles. The maximum Gasteiger partial charge on any atom is 0.501 e. The topological polar surface area (TPSA) is 113 Å². The molecule has 14 heteroatoms. The van der Waals surface area contributed by atoms with Crippen molar-refractivity contribution in [2.45, 2.75) is 40.0 Å². The number of carbonyl (C=O) groups is 1. The van der Waals surface area contributed by atoms with Crippen molar-refractivity contribution in [3.8, 4) is 0 Å². The molecule has 0 saturated carbocycles. The van der Waals surface area contributed by atoms with Crippen LogP contribution in [0.5, 0.6) is 0 Å². The number of carbonyl (C=O) groups excluding carboxylic acids is 1. The molecule has 3 aromatic rings. The second kappa shape index (κ2) is 11.0. The average Bonchev–Trinajstić information content (AvgIpc) is 3.38. The molecule has 2 heterocycles. The third-order valence-corrected chi connectivity index (χ3v) is 10.9. The summed E-state index contributed by atoms with van der Waals surface area (Å²) < 4.78 is 89.7. The predicted octanol–water partition coefficient (Wildman–Crippen LogP) is 4.24. The maximum atomic E-state index is 13.1. The number of hydrogen-bond donors (Lipinski definition) is 2. The summed E-state index contributed by atoms with van der Waals surface area (Å²) in [6.45, 7) is 0.542. The Bertz CT molecular complexity index is 1500. The minimum absolute atomic E-state index is 0.151. The van der Waals surface area contributed by atoms with E-state index in [1.807, 2.05) is 0 Å². The van der Waals surface area contributed by atoms with Gasteiger partial charge in [-0.1, -0.05) is 24.3 Å². The van der Waals surface area contributed by atoms with Crippen molar-refractivity contribution >= 4 is 42.8 Å². The number of piperidine rings is 1. The minimum Gasteiger partial charge on any atom is -0.382 e. The first-order valence-electron chi connectivity index (χ1n) is 11.5. The maximum absolute atomic E-state index is 13.1. The van der Waals surface area contributed by atoms with Crippen molar-refractivity contribution < 1.29 is 34.8 Å². The van der Waals surface area contributed by atoms with Gasteiger partial charge in [0, 0.05) is 35.3 Å². The minimum atomic E-state index is -5.47. The Labute approximate surface area is 222 Å². The summed E-state index contributed by atoms with van der Waals surface area (Å²) in [6, 6.07) is 16.0. The first kappa shape index (κ1) is 28.1. The van der Waals surface area contributed by atoms with Gasteiger partial charge >= 0.3 is 5.51 Å². The number of thiophene rings is 1. The van der Waals surface area contributed by atoms with Crippen LogP contribution in [0.3, 0.4) is 0 Å². The number of rotatable bonds is 8. The van der Waals surface area contributed by atoms with E-state index in [-0.39, 0.29) is 41.5 Å². The zero-order chi connectivity index (χ0) is 27.6. The number of halogens is 3.